The van der Waals surface area contributed by atoms with Crippen LogP contribution in [0.3, 0.4) is 0 Å². The second kappa shape index (κ2) is 4.39. The molecule has 2 saturated heterocycles. The van der Waals surface area contributed by atoms with Crippen molar-refractivity contribution in [3.05, 3.63) is 0 Å². The third-order valence-corrected chi connectivity index (χ3v) is 3.54. The van der Waals surface area contributed by atoms with Gasteiger partial charge in [-0.1, -0.05) is 13.8 Å². The zero-order chi connectivity index (χ0) is 10.8. The van der Waals surface area contributed by atoms with E-state index in [0.29, 0.717) is 25.0 Å². The zero-order valence-corrected chi connectivity index (χ0v) is 9.61. The molecule has 2 fully saturated rings. The summed E-state index contributed by atoms with van der Waals surface area (Å²) in [7, 11) is 0. The summed E-state index contributed by atoms with van der Waals surface area (Å²) in [5.74, 6) is 1.27. The molecule has 2 amide bonds. The Hall–Kier alpha value is -0.770. The van der Waals surface area contributed by atoms with Crippen LogP contribution in [0, 0.1) is 11.8 Å². The maximum Gasteiger partial charge on any atom is 0.320 e. The number of hydrogen-bond acceptors (Lipinski definition) is 2. The van der Waals surface area contributed by atoms with Gasteiger partial charge in [-0.15, -0.1) is 0 Å². The lowest BCUT2D eigenvalue weighted by Crippen LogP contribution is -2.47. The molecule has 2 unspecified atom stereocenters. The van der Waals surface area contributed by atoms with Crippen LogP contribution in [0.25, 0.3) is 0 Å². The van der Waals surface area contributed by atoms with Crippen molar-refractivity contribution in [2.45, 2.75) is 13.8 Å². The van der Waals surface area contributed by atoms with E-state index in [2.05, 4.69) is 13.8 Å². The molecule has 0 spiro atoms. The van der Waals surface area contributed by atoms with Crippen LogP contribution >= 0.6 is 0 Å². The summed E-state index contributed by atoms with van der Waals surface area (Å²) in [4.78, 5) is 16.0. The predicted octanol–water partition coefficient (Wildman–Crippen LogP) is 1.03. The van der Waals surface area contributed by atoms with Crippen LogP contribution in [-0.2, 0) is 4.74 Å². The molecule has 0 aromatic carbocycles. The summed E-state index contributed by atoms with van der Waals surface area (Å²) in [6.45, 7) is 9.13. The zero-order valence-electron chi connectivity index (χ0n) is 9.61. The van der Waals surface area contributed by atoms with Crippen molar-refractivity contribution in [1.29, 1.82) is 0 Å². The molecule has 0 aliphatic carbocycles. The highest BCUT2D eigenvalue weighted by Gasteiger charge is 2.32. The molecule has 2 atom stereocenters. The third kappa shape index (κ3) is 2.25. The van der Waals surface area contributed by atoms with E-state index in [1.807, 2.05) is 9.80 Å². The highest BCUT2D eigenvalue weighted by atomic mass is 16.5. The van der Waals surface area contributed by atoms with E-state index < -0.39 is 0 Å². The molecule has 0 aromatic heterocycles. The van der Waals surface area contributed by atoms with Crippen molar-refractivity contribution in [2.75, 3.05) is 39.4 Å². The van der Waals surface area contributed by atoms with Gasteiger partial charge in [-0.05, 0) is 11.8 Å². The molecular weight excluding hydrogens is 192 g/mol. The first kappa shape index (κ1) is 10.7. The van der Waals surface area contributed by atoms with Crippen molar-refractivity contribution in [1.82, 2.24) is 9.80 Å². The van der Waals surface area contributed by atoms with Crippen molar-refractivity contribution < 1.29 is 9.53 Å². The molecule has 15 heavy (non-hydrogen) atoms. The SMILES string of the molecule is CC1CN(C(=O)N2CCOCC2)CC1C. The van der Waals surface area contributed by atoms with E-state index in [1.54, 1.807) is 0 Å². The first-order valence-electron chi connectivity index (χ1n) is 5.80. The fourth-order valence-electron chi connectivity index (χ4n) is 2.24. The highest BCUT2D eigenvalue weighted by Crippen LogP contribution is 2.23. The van der Waals surface area contributed by atoms with Gasteiger partial charge in [0.2, 0.25) is 0 Å². The Kier molecular flexibility index (Phi) is 3.14. The van der Waals surface area contributed by atoms with Crippen LogP contribution < -0.4 is 0 Å². The Labute approximate surface area is 91.2 Å². The van der Waals surface area contributed by atoms with Crippen LogP contribution in [0.4, 0.5) is 4.79 Å². The average molecular weight is 212 g/mol. The van der Waals surface area contributed by atoms with Gasteiger partial charge in [-0.2, -0.15) is 0 Å². The van der Waals surface area contributed by atoms with Crippen LogP contribution in [-0.4, -0.2) is 55.2 Å². The Morgan fingerprint density at radius 1 is 1.07 bits per heavy atom. The Morgan fingerprint density at radius 2 is 1.60 bits per heavy atom. The van der Waals surface area contributed by atoms with Gasteiger partial charge in [0.15, 0.2) is 0 Å². The number of nitrogens with zero attached hydrogens (tertiary/aromatic N) is 2. The van der Waals surface area contributed by atoms with Gasteiger partial charge < -0.3 is 14.5 Å². The summed E-state index contributed by atoms with van der Waals surface area (Å²) in [5.41, 5.74) is 0. The van der Waals surface area contributed by atoms with Gasteiger partial charge in [0.1, 0.15) is 0 Å². The van der Waals surface area contributed by atoms with E-state index in [0.717, 1.165) is 26.2 Å². The molecule has 86 valence electrons. The first-order valence-corrected chi connectivity index (χ1v) is 5.80. The fraction of sp³-hybridized carbons (Fsp3) is 0.909. The minimum absolute atomic E-state index is 0.203. The molecule has 2 rings (SSSR count). The fourth-order valence-corrected chi connectivity index (χ4v) is 2.24. The predicted molar refractivity (Wildman–Crippen MR) is 57.7 cm³/mol. The molecule has 0 N–H and O–H groups in total. The van der Waals surface area contributed by atoms with Crippen molar-refractivity contribution in [3.63, 3.8) is 0 Å². The lowest BCUT2D eigenvalue weighted by Gasteiger charge is -2.31. The number of hydrogen-bond donors (Lipinski definition) is 0. The van der Waals surface area contributed by atoms with Crippen LogP contribution in [0.2, 0.25) is 0 Å². The van der Waals surface area contributed by atoms with Gasteiger partial charge in [-0.3, -0.25) is 0 Å². The number of rotatable bonds is 0. The molecular formula is C11H20N2O2. The maximum atomic E-state index is 12.1. The van der Waals surface area contributed by atoms with E-state index in [9.17, 15) is 4.79 Å². The molecule has 4 nitrogen and oxygen atoms in total. The Morgan fingerprint density at radius 3 is 2.13 bits per heavy atom. The van der Waals surface area contributed by atoms with Crippen molar-refractivity contribution in [2.24, 2.45) is 11.8 Å². The van der Waals surface area contributed by atoms with Gasteiger partial charge in [0.25, 0.3) is 0 Å². The van der Waals surface area contributed by atoms with Crippen LogP contribution in [0.1, 0.15) is 13.8 Å². The van der Waals surface area contributed by atoms with E-state index in [4.69, 9.17) is 4.74 Å². The Balaban J connectivity index is 1.90. The smallest absolute Gasteiger partial charge is 0.320 e. The molecule has 0 bridgehead atoms. The quantitative estimate of drug-likeness (QED) is 0.600. The lowest BCUT2D eigenvalue weighted by atomic mass is 10.0. The number of carbonyl (C=O) groups is 1. The minimum atomic E-state index is 0.203. The van der Waals surface area contributed by atoms with Gasteiger partial charge in [-0.25, -0.2) is 4.79 Å². The summed E-state index contributed by atoms with van der Waals surface area (Å²) < 4.78 is 5.24. The molecule has 0 aromatic rings. The van der Waals surface area contributed by atoms with Gasteiger partial charge in [0, 0.05) is 26.2 Å². The number of amides is 2. The van der Waals surface area contributed by atoms with E-state index in [-0.39, 0.29) is 6.03 Å². The van der Waals surface area contributed by atoms with Gasteiger partial charge >= 0.3 is 6.03 Å². The number of ether oxygens (including phenoxy) is 1. The largest absolute Gasteiger partial charge is 0.378 e. The summed E-state index contributed by atoms with van der Waals surface area (Å²) in [6.07, 6.45) is 0. The van der Waals surface area contributed by atoms with E-state index in [1.165, 1.54) is 0 Å². The first-order chi connectivity index (χ1) is 7.18. The lowest BCUT2D eigenvalue weighted by molar-refractivity contribution is 0.0448. The summed E-state index contributed by atoms with van der Waals surface area (Å²) >= 11 is 0. The topological polar surface area (TPSA) is 32.8 Å². The number of urea groups is 1. The molecule has 0 saturated carbocycles. The number of carbonyl (C=O) groups excluding carboxylic acids is 1. The minimum Gasteiger partial charge on any atom is -0.378 e. The molecule has 2 aliphatic rings. The third-order valence-electron chi connectivity index (χ3n) is 3.54. The molecule has 2 aliphatic heterocycles. The van der Waals surface area contributed by atoms with Crippen LogP contribution in [0.15, 0.2) is 0 Å². The normalized spacial score (nSPS) is 32.1. The summed E-state index contributed by atoms with van der Waals surface area (Å²) in [5, 5.41) is 0. The molecule has 4 heteroatoms. The second-order valence-electron chi connectivity index (χ2n) is 4.74. The number of likely N-dealkylation sites (tertiary alicyclic amines) is 1. The maximum absolute atomic E-state index is 12.1. The highest BCUT2D eigenvalue weighted by molar-refractivity contribution is 5.74. The van der Waals surface area contributed by atoms with Crippen molar-refractivity contribution >= 4 is 6.03 Å². The number of morpholine rings is 1. The summed E-state index contributed by atoms with van der Waals surface area (Å²) in [6, 6.07) is 0.203. The average Bonchev–Trinajstić information content (AvgIpc) is 2.59. The van der Waals surface area contributed by atoms with Crippen molar-refractivity contribution in [3.8, 4) is 0 Å². The monoisotopic (exact) mass is 212 g/mol. The van der Waals surface area contributed by atoms with Gasteiger partial charge in [0.05, 0.1) is 13.2 Å². The Bertz CT molecular complexity index is 229. The molecule has 0 radical (unpaired) electrons. The van der Waals surface area contributed by atoms with Crippen LogP contribution in [0.5, 0.6) is 0 Å². The van der Waals surface area contributed by atoms with E-state index >= 15 is 0 Å². The standard InChI is InChI=1S/C11H20N2O2/c1-9-7-13(8-10(9)2)11(14)12-3-5-15-6-4-12/h9-10H,3-8H2,1-2H3. The molecule has 2 heterocycles. The second-order valence-corrected chi connectivity index (χ2v) is 4.74.